The number of aliphatic carboxylic acids is 1. The molecule has 1 saturated heterocycles. The standard InChI is InChI=1S/C15H27NO3/c1-3-7-16(12-6-4-5-11(2)8-12)14-10-19-9-13(14)15(17)18/h11-14H,3-10H2,1-2H3,(H,17,18). The molecule has 4 atom stereocenters. The molecule has 2 aliphatic rings. The van der Waals surface area contributed by atoms with Crippen LogP contribution in [0.4, 0.5) is 0 Å². The summed E-state index contributed by atoms with van der Waals surface area (Å²) in [6.07, 6.45) is 6.10. The first-order valence-corrected chi connectivity index (χ1v) is 7.69. The van der Waals surface area contributed by atoms with Gasteiger partial charge in [0, 0.05) is 12.1 Å². The van der Waals surface area contributed by atoms with Crippen molar-refractivity contribution in [2.45, 2.75) is 58.0 Å². The molecule has 4 heteroatoms. The number of nitrogens with zero attached hydrogens (tertiary/aromatic N) is 1. The van der Waals surface area contributed by atoms with E-state index in [4.69, 9.17) is 4.74 Å². The lowest BCUT2D eigenvalue weighted by Crippen LogP contribution is -2.50. The van der Waals surface area contributed by atoms with Crippen molar-refractivity contribution >= 4 is 5.97 Å². The molecule has 0 aromatic carbocycles. The van der Waals surface area contributed by atoms with Crippen LogP contribution in [0.3, 0.4) is 0 Å². The summed E-state index contributed by atoms with van der Waals surface area (Å²) in [5.41, 5.74) is 0. The number of ether oxygens (including phenoxy) is 1. The van der Waals surface area contributed by atoms with E-state index in [-0.39, 0.29) is 12.0 Å². The SMILES string of the molecule is CCCN(C1CCCC(C)C1)C1COCC1C(=O)O. The van der Waals surface area contributed by atoms with Crippen molar-refractivity contribution < 1.29 is 14.6 Å². The molecule has 0 aromatic rings. The van der Waals surface area contributed by atoms with Crippen molar-refractivity contribution in [3.63, 3.8) is 0 Å². The predicted octanol–water partition coefficient (Wildman–Crippen LogP) is 2.38. The first-order valence-electron chi connectivity index (χ1n) is 7.69. The second kappa shape index (κ2) is 6.71. The van der Waals surface area contributed by atoms with E-state index in [9.17, 15) is 9.90 Å². The van der Waals surface area contributed by atoms with Crippen LogP contribution in [0.25, 0.3) is 0 Å². The van der Waals surface area contributed by atoms with Crippen LogP contribution in [-0.2, 0) is 9.53 Å². The summed E-state index contributed by atoms with van der Waals surface area (Å²) in [7, 11) is 0. The van der Waals surface area contributed by atoms with Crippen LogP contribution in [0.1, 0.15) is 46.0 Å². The monoisotopic (exact) mass is 269 g/mol. The third kappa shape index (κ3) is 3.48. The van der Waals surface area contributed by atoms with Gasteiger partial charge in [-0.25, -0.2) is 0 Å². The fraction of sp³-hybridized carbons (Fsp3) is 0.933. The number of carboxylic acid groups (broad SMARTS) is 1. The van der Waals surface area contributed by atoms with Crippen LogP contribution in [0.15, 0.2) is 0 Å². The molecule has 1 saturated carbocycles. The van der Waals surface area contributed by atoms with E-state index in [1.54, 1.807) is 0 Å². The topological polar surface area (TPSA) is 49.8 Å². The molecule has 1 N–H and O–H groups in total. The molecule has 4 nitrogen and oxygen atoms in total. The number of carboxylic acids is 1. The van der Waals surface area contributed by atoms with Crippen molar-refractivity contribution in [3.8, 4) is 0 Å². The average molecular weight is 269 g/mol. The highest BCUT2D eigenvalue weighted by molar-refractivity contribution is 5.71. The Balaban J connectivity index is 2.07. The van der Waals surface area contributed by atoms with Gasteiger partial charge in [-0.05, 0) is 31.7 Å². The summed E-state index contributed by atoms with van der Waals surface area (Å²) in [6.45, 7) is 6.44. The maximum Gasteiger partial charge on any atom is 0.310 e. The molecule has 0 bridgehead atoms. The van der Waals surface area contributed by atoms with Crippen molar-refractivity contribution in [3.05, 3.63) is 0 Å². The molecule has 0 amide bonds. The van der Waals surface area contributed by atoms with E-state index in [2.05, 4.69) is 18.7 Å². The molecule has 0 radical (unpaired) electrons. The van der Waals surface area contributed by atoms with E-state index >= 15 is 0 Å². The van der Waals surface area contributed by atoms with E-state index < -0.39 is 5.97 Å². The van der Waals surface area contributed by atoms with E-state index in [0.29, 0.717) is 19.3 Å². The summed E-state index contributed by atoms with van der Waals surface area (Å²) in [5.74, 6) is -0.278. The van der Waals surface area contributed by atoms with Crippen LogP contribution in [0.5, 0.6) is 0 Å². The van der Waals surface area contributed by atoms with Gasteiger partial charge in [-0.2, -0.15) is 0 Å². The lowest BCUT2D eigenvalue weighted by Gasteiger charge is -2.40. The number of hydrogen-bond donors (Lipinski definition) is 1. The van der Waals surface area contributed by atoms with Crippen LogP contribution in [0, 0.1) is 11.8 Å². The average Bonchev–Trinajstić information content (AvgIpc) is 2.85. The molecule has 1 aliphatic heterocycles. The molecule has 1 aliphatic carbocycles. The van der Waals surface area contributed by atoms with Crippen molar-refractivity contribution in [2.24, 2.45) is 11.8 Å². The summed E-state index contributed by atoms with van der Waals surface area (Å²) in [5, 5.41) is 9.34. The molecule has 0 spiro atoms. The number of carbonyl (C=O) groups is 1. The molecule has 110 valence electrons. The van der Waals surface area contributed by atoms with Gasteiger partial charge in [0.25, 0.3) is 0 Å². The largest absolute Gasteiger partial charge is 0.481 e. The Labute approximate surface area is 116 Å². The minimum absolute atomic E-state index is 0.0766. The maximum atomic E-state index is 11.4. The number of hydrogen-bond acceptors (Lipinski definition) is 3. The summed E-state index contributed by atoms with van der Waals surface area (Å²) in [4.78, 5) is 13.8. The Morgan fingerprint density at radius 1 is 1.37 bits per heavy atom. The van der Waals surface area contributed by atoms with Gasteiger partial charge in [-0.1, -0.05) is 26.7 Å². The van der Waals surface area contributed by atoms with Gasteiger partial charge in [-0.15, -0.1) is 0 Å². The van der Waals surface area contributed by atoms with Crippen LogP contribution in [0.2, 0.25) is 0 Å². The van der Waals surface area contributed by atoms with Crippen molar-refractivity contribution in [2.75, 3.05) is 19.8 Å². The smallest absolute Gasteiger partial charge is 0.310 e. The fourth-order valence-corrected chi connectivity index (χ4v) is 3.69. The molecule has 1 heterocycles. The maximum absolute atomic E-state index is 11.4. The lowest BCUT2D eigenvalue weighted by molar-refractivity contribution is -0.143. The molecule has 19 heavy (non-hydrogen) atoms. The van der Waals surface area contributed by atoms with E-state index in [1.807, 2.05) is 0 Å². The molecule has 0 aromatic heterocycles. The molecule has 4 unspecified atom stereocenters. The zero-order valence-corrected chi connectivity index (χ0v) is 12.2. The Morgan fingerprint density at radius 3 is 2.79 bits per heavy atom. The van der Waals surface area contributed by atoms with E-state index in [1.165, 1.54) is 25.7 Å². The van der Waals surface area contributed by atoms with Gasteiger partial charge in [-0.3, -0.25) is 9.69 Å². The van der Waals surface area contributed by atoms with Crippen LogP contribution in [-0.4, -0.2) is 47.8 Å². The highest BCUT2D eigenvalue weighted by Crippen LogP contribution is 2.31. The van der Waals surface area contributed by atoms with Gasteiger partial charge in [0.2, 0.25) is 0 Å². The Morgan fingerprint density at radius 2 is 2.16 bits per heavy atom. The third-order valence-electron chi connectivity index (χ3n) is 4.65. The first-order chi connectivity index (χ1) is 9.13. The normalized spacial score (nSPS) is 35.7. The molecule has 2 fully saturated rings. The predicted molar refractivity (Wildman–Crippen MR) is 74.1 cm³/mol. The van der Waals surface area contributed by atoms with Gasteiger partial charge in [0.05, 0.1) is 19.1 Å². The zero-order chi connectivity index (χ0) is 13.8. The van der Waals surface area contributed by atoms with E-state index in [0.717, 1.165) is 18.9 Å². The second-order valence-electron chi connectivity index (χ2n) is 6.21. The molecular weight excluding hydrogens is 242 g/mol. The molecular formula is C15H27NO3. The van der Waals surface area contributed by atoms with Gasteiger partial charge >= 0.3 is 5.97 Å². The lowest BCUT2D eigenvalue weighted by atomic mass is 9.84. The summed E-state index contributed by atoms with van der Waals surface area (Å²) >= 11 is 0. The zero-order valence-electron chi connectivity index (χ0n) is 12.2. The third-order valence-corrected chi connectivity index (χ3v) is 4.65. The van der Waals surface area contributed by atoms with Gasteiger partial charge < -0.3 is 9.84 Å². The van der Waals surface area contributed by atoms with Crippen LogP contribution < -0.4 is 0 Å². The van der Waals surface area contributed by atoms with Gasteiger partial charge in [0.15, 0.2) is 0 Å². The Bertz CT molecular complexity index is 308. The van der Waals surface area contributed by atoms with Crippen molar-refractivity contribution in [1.29, 1.82) is 0 Å². The highest BCUT2D eigenvalue weighted by Gasteiger charge is 2.40. The fourth-order valence-electron chi connectivity index (χ4n) is 3.69. The minimum atomic E-state index is -0.701. The highest BCUT2D eigenvalue weighted by atomic mass is 16.5. The number of rotatable bonds is 5. The van der Waals surface area contributed by atoms with Crippen molar-refractivity contribution in [1.82, 2.24) is 4.90 Å². The Kier molecular flexibility index (Phi) is 5.22. The summed E-state index contributed by atoms with van der Waals surface area (Å²) < 4.78 is 5.45. The first kappa shape index (κ1) is 14.8. The minimum Gasteiger partial charge on any atom is -0.481 e. The van der Waals surface area contributed by atoms with Crippen LogP contribution >= 0.6 is 0 Å². The molecule has 2 rings (SSSR count). The Hall–Kier alpha value is -0.610. The quantitative estimate of drug-likeness (QED) is 0.832. The van der Waals surface area contributed by atoms with Gasteiger partial charge in [0.1, 0.15) is 0 Å². The second-order valence-corrected chi connectivity index (χ2v) is 6.21. The summed E-state index contributed by atoms with van der Waals surface area (Å²) in [6, 6.07) is 0.630.